The number of nitrogens with two attached hydrogens (primary N) is 1. The first-order valence-electron chi connectivity index (χ1n) is 4.92. The number of nitrogen functional groups attached to an aromatic ring is 1. The highest BCUT2D eigenvalue weighted by Gasteiger charge is 2.04. The van der Waals surface area contributed by atoms with E-state index in [0.29, 0.717) is 6.54 Å². The number of thiazole rings is 1. The third kappa shape index (κ3) is 1.55. The fourth-order valence-electron chi connectivity index (χ4n) is 1.67. The van der Waals surface area contributed by atoms with Crippen LogP contribution >= 0.6 is 11.3 Å². The summed E-state index contributed by atoms with van der Waals surface area (Å²) in [7, 11) is 0. The van der Waals surface area contributed by atoms with Crippen molar-refractivity contribution in [2.24, 2.45) is 0 Å². The largest absolute Gasteiger partial charge is 0.399 e. The van der Waals surface area contributed by atoms with Gasteiger partial charge in [0.2, 0.25) is 0 Å². The van der Waals surface area contributed by atoms with E-state index in [1.807, 2.05) is 34.5 Å². The molecule has 5 heteroatoms. The fraction of sp³-hybridized carbons (Fsp3) is 0.0909. The number of rotatable bonds is 2. The van der Waals surface area contributed by atoms with Crippen molar-refractivity contribution in [3.05, 3.63) is 41.0 Å². The Bertz CT molecular complexity index is 612. The maximum atomic E-state index is 5.77. The van der Waals surface area contributed by atoms with Gasteiger partial charge in [-0.15, -0.1) is 11.3 Å². The second-order valence-corrected chi connectivity index (χ2v) is 4.53. The van der Waals surface area contributed by atoms with Crippen LogP contribution in [0, 0.1) is 0 Å². The van der Waals surface area contributed by atoms with Crippen LogP contribution in [0.15, 0.2) is 36.0 Å². The average Bonchev–Trinajstić information content (AvgIpc) is 2.90. The number of hydrogen-bond donors (Lipinski definition) is 1. The van der Waals surface area contributed by atoms with E-state index in [0.717, 1.165) is 21.6 Å². The van der Waals surface area contributed by atoms with Gasteiger partial charge in [0.05, 0.1) is 18.3 Å². The van der Waals surface area contributed by atoms with Crippen molar-refractivity contribution in [1.82, 2.24) is 14.8 Å². The Morgan fingerprint density at radius 1 is 1.38 bits per heavy atom. The quantitative estimate of drug-likeness (QED) is 0.686. The molecule has 0 saturated carbocycles. The lowest BCUT2D eigenvalue weighted by atomic mass is 10.2. The van der Waals surface area contributed by atoms with Crippen LogP contribution < -0.4 is 5.73 Å². The molecular weight excluding hydrogens is 220 g/mol. The zero-order valence-corrected chi connectivity index (χ0v) is 9.31. The first-order chi connectivity index (χ1) is 7.83. The molecular formula is C11H10N4S. The molecule has 0 aliphatic carbocycles. The van der Waals surface area contributed by atoms with E-state index in [1.54, 1.807) is 17.5 Å². The van der Waals surface area contributed by atoms with Gasteiger partial charge in [-0.05, 0) is 18.2 Å². The molecule has 0 fully saturated rings. The molecule has 0 aliphatic heterocycles. The van der Waals surface area contributed by atoms with Gasteiger partial charge in [0, 0.05) is 22.7 Å². The van der Waals surface area contributed by atoms with Gasteiger partial charge >= 0.3 is 0 Å². The van der Waals surface area contributed by atoms with Crippen molar-refractivity contribution in [2.45, 2.75) is 6.54 Å². The smallest absolute Gasteiger partial charge is 0.114 e. The fourth-order valence-corrected chi connectivity index (χ4v) is 2.27. The number of nitrogens with zero attached hydrogens (tertiary/aromatic N) is 3. The molecule has 16 heavy (non-hydrogen) atoms. The number of fused-ring (bicyclic) bond motifs is 1. The monoisotopic (exact) mass is 230 g/mol. The van der Waals surface area contributed by atoms with Gasteiger partial charge in [0.1, 0.15) is 5.01 Å². The molecule has 0 atom stereocenters. The van der Waals surface area contributed by atoms with Crippen LogP contribution in [0.5, 0.6) is 0 Å². The van der Waals surface area contributed by atoms with Crippen LogP contribution in [-0.2, 0) is 6.54 Å². The molecule has 2 N–H and O–H groups in total. The van der Waals surface area contributed by atoms with Crippen molar-refractivity contribution in [3.8, 4) is 0 Å². The lowest BCUT2D eigenvalue weighted by Gasteiger charge is -2.01. The Hall–Kier alpha value is -1.88. The van der Waals surface area contributed by atoms with Crippen molar-refractivity contribution < 1.29 is 0 Å². The molecule has 80 valence electrons. The van der Waals surface area contributed by atoms with Crippen molar-refractivity contribution in [2.75, 3.05) is 5.73 Å². The topological polar surface area (TPSA) is 56.7 Å². The predicted octanol–water partition coefficient (Wildman–Crippen LogP) is 2.12. The van der Waals surface area contributed by atoms with Gasteiger partial charge in [-0.2, -0.15) is 5.10 Å². The lowest BCUT2D eigenvalue weighted by Crippen LogP contribution is -2.00. The van der Waals surface area contributed by atoms with Gasteiger partial charge in [-0.3, -0.25) is 4.68 Å². The van der Waals surface area contributed by atoms with Crippen molar-refractivity contribution in [1.29, 1.82) is 0 Å². The van der Waals surface area contributed by atoms with E-state index in [2.05, 4.69) is 10.1 Å². The molecule has 0 spiro atoms. The Kier molecular flexibility index (Phi) is 2.11. The third-order valence-corrected chi connectivity index (χ3v) is 3.20. The molecule has 2 aromatic heterocycles. The highest BCUT2D eigenvalue weighted by molar-refractivity contribution is 7.09. The Labute approximate surface area is 96.3 Å². The molecule has 0 saturated heterocycles. The van der Waals surface area contributed by atoms with E-state index in [1.165, 1.54) is 0 Å². The summed E-state index contributed by atoms with van der Waals surface area (Å²) in [6, 6.07) is 5.81. The van der Waals surface area contributed by atoms with Crippen molar-refractivity contribution in [3.63, 3.8) is 0 Å². The second-order valence-electron chi connectivity index (χ2n) is 3.55. The minimum absolute atomic E-state index is 0.699. The normalized spacial score (nSPS) is 11.0. The summed E-state index contributed by atoms with van der Waals surface area (Å²) in [5, 5.41) is 8.46. The SMILES string of the molecule is Nc1ccc2cnn(Cc3nccs3)c2c1. The summed E-state index contributed by atoms with van der Waals surface area (Å²) < 4.78 is 1.92. The highest BCUT2D eigenvalue weighted by atomic mass is 32.1. The Balaban J connectivity index is 2.07. The maximum Gasteiger partial charge on any atom is 0.114 e. The van der Waals surface area contributed by atoms with Gasteiger partial charge in [-0.1, -0.05) is 0 Å². The first-order valence-corrected chi connectivity index (χ1v) is 5.80. The number of aromatic nitrogens is 3. The van der Waals surface area contributed by atoms with Crippen molar-refractivity contribution >= 4 is 27.9 Å². The molecule has 3 rings (SSSR count). The molecule has 1 aromatic carbocycles. The first kappa shape index (κ1) is 9.35. The Morgan fingerprint density at radius 3 is 3.12 bits per heavy atom. The second kappa shape index (κ2) is 3.61. The predicted molar refractivity (Wildman–Crippen MR) is 65.4 cm³/mol. The van der Waals surface area contributed by atoms with E-state index >= 15 is 0 Å². The van der Waals surface area contributed by atoms with Gasteiger partial charge < -0.3 is 5.73 Å². The Morgan fingerprint density at radius 2 is 2.31 bits per heavy atom. The summed E-state index contributed by atoms with van der Waals surface area (Å²) in [5.41, 5.74) is 7.58. The number of anilines is 1. The molecule has 0 amide bonds. The van der Waals surface area contributed by atoms with E-state index in [4.69, 9.17) is 5.73 Å². The lowest BCUT2D eigenvalue weighted by molar-refractivity contribution is 0.708. The van der Waals surface area contributed by atoms with Crippen LogP contribution in [0.4, 0.5) is 5.69 Å². The zero-order chi connectivity index (χ0) is 11.0. The zero-order valence-electron chi connectivity index (χ0n) is 8.50. The summed E-state index contributed by atoms with van der Waals surface area (Å²) in [4.78, 5) is 4.25. The van der Waals surface area contributed by atoms with E-state index in [9.17, 15) is 0 Å². The summed E-state index contributed by atoms with van der Waals surface area (Å²) in [5.74, 6) is 0. The minimum atomic E-state index is 0.699. The van der Waals surface area contributed by atoms with Gasteiger partial charge in [0.25, 0.3) is 0 Å². The molecule has 0 radical (unpaired) electrons. The van der Waals surface area contributed by atoms with E-state index < -0.39 is 0 Å². The molecule has 0 aliphatic rings. The maximum absolute atomic E-state index is 5.77. The van der Waals surface area contributed by atoms with Crippen LogP contribution in [0.1, 0.15) is 5.01 Å². The number of hydrogen-bond acceptors (Lipinski definition) is 4. The molecule has 0 bridgehead atoms. The molecule has 0 unspecified atom stereocenters. The standard InChI is InChI=1S/C11H10N4S/c12-9-2-1-8-6-14-15(10(8)5-9)7-11-13-3-4-16-11/h1-6H,7,12H2. The highest BCUT2D eigenvalue weighted by Crippen LogP contribution is 2.18. The summed E-state index contributed by atoms with van der Waals surface area (Å²) in [6.07, 6.45) is 3.66. The summed E-state index contributed by atoms with van der Waals surface area (Å²) in [6.45, 7) is 0.699. The average molecular weight is 230 g/mol. The number of benzene rings is 1. The molecule has 4 nitrogen and oxygen atoms in total. The van der Waals surface area contributed by atoms with Crippen LogP contribution in [0.2, 0.25) is 0 Å². The van der Waals surface area contributed by atoms with Gasteiger partial charge in [-0.25, -0.2) is 4.98 Å². The van der Waals surface area contributed by atoms with E-state index in [-0.39, 0.29) is 0 Å². The summed E-state index contributed by atoms with van der Waals surface area (Å²) >= 11 is 1.63. The minimum Gasteiger partial charge on any atom is -0.399 e. The van der Waals surface area contributed by atoms with Gasteiger partial charge in [0.15, 0.2) is 0 Å². The van der Waals surface area contributed by atoms with Crippen LogP contribution in [-0.4, -0.2) is 14.8 Å². The molecule has 3 aromatic rings. The van der Waals surface area contributed by atoms with Crippen LogP contribution in [0.3, 0.4) is 0 Å². The molecule has 2 heterocycles. The third-order valence-electron chi connectivity index (χ3n) is 2.44. The van der Waals surface area contributed by atoms with Crippen LogP contribution in [0.25, 0.3) is 10.9 Å².